The lowest BCUT2D eigenvalue weighted by molar-refractivity contribution is 0.322. The van der Waals surface area contributed by atoms with Crippen LogP contribution in [0.25, 0.3) is 0 Å². The monoisotopic (exact) mass is 245 g/mol. The lowest BCUT2D eigenvalue weighted by atomic mass is 9.94. The molecule has 2 unspecified atom stereocenters. The second-order valence-corrected chi connectivity index (χ2v) is 6.13. The van der Waals surface area contributed by atoms with Crippen molar-refractivity contribution in [3.63, 3.8) is 0 Å². The fraction of sp³-hybridized carbons (Fsp3) is 0.647. The van der Waals surface area contributed by atoms with Gasteiger partial charge >= 0.3 is 0 Å². The molecule has 0 amide bonds. The number of piperidine rings is 1. The summed E-state index contributed by atoms with van der Waals surface area (Å²) >= 11 is 0. The SMILES string of the molecule is CC1CCCC(CCc2ccc(C(C)C)cc2)N1. The third-order valence-corrected chi connectivity index (χ3v) is 4.14. The predicted octanol–water partition coefficient (Wildman–Crippen LogP) is 4.27. The molecule has 2 atom stereocenters. The standard InChI is InChI=1S/C17H27N/c1-13(2)16-10-7-15(8-11-16)9-12-17-6-4-5-14(3)18-17/h7-8,10-11,13-14,17-18H,4-6,9,12H2,1-3H3. The Morgan fingerprint density at radius 2 is 1.89 bits per heavy atom. The highest BCUT2D eigenvalue weighted by Gasteiger charge is 2.17. The molecule has 0 saturated carbocycles. The molecule has 1 saturated heterocycles. The van der Waals surface area contributed by atoms with Gasteiger partial charge in [-0.05, 0) is 49.7 Å². The number of nitrogens with one attached hydrogen (secondary N) is 1. The van der Waals surface area contributed by atoms with Crippen molar-refractivity contribution >= 4 is 0 Å². The van der Waals surface area contributed by atoms with Gasteiger partial charge in [-0.3, -0.25) is 0 Å². The van der Waals surface area contributed by atoms with Gasteiger partial charge in [0.2, 0.25) is 0 Å². The first kappa shape index (κ1) is 13.6. The summed E-state index contributed by atoms with van der Waals surface area (Å²) in [5.41, 5.74) is 2.93. The van der Waals surface area contributed by atoms with E-state index in [0.29, 0.717) is 12.0 Å². The maximum Gasteiger partial charge on any atom is 0.00727 e. The molecule has 1 aromatic rings. The van der Waals surface area contributed by atoms with Crippen molar-refractivity contribution in [1.29, 1.82) is 0 Å². The van der Waals surface area contributed by atoms with E-state index in [1.807, 2.05) is 0 Å². The molecule has 0 spiro atoms. The average molecular weight is 245 g/mol. The molecule has 1 nitrogen and oxygen atoms in total. The summed E-state index contributed by atoms with van der Waals surface area (Å²) in [5.74, 6) is 0.639. The quantitative estimate of drug-likeness (QED) is 0.835. The van der Waals surface area contributed by atoms with E-state index in [-0.39, 0.29) is 0 Å². The van der Waals surface area contributed by atoms with Crippen LogP contribution in [0.3, 0.4) is 0 Å². The molecule has 100 valence electrons. The highest BCUT2D eigenvalue weighted by atomic mass is 15.0. The summed E-state index contributed by atoms with van der Waals surface area (Å²) in [6.45, 7) is 6.81. The smallest absolute Gasteiger partial charge is 0.00727 e. The van der Waals surface area contributed by atoms with E-state index < -0.39 is 0 Å². The van der Waals surface area contributed by atoms with Crippen LogP contribution < -0.4 is 5.32 Å². The number of rotatable bonds is 4. The number of hydrogen-bond donors (Lipinski definition) is 1. The largest absolute Gasteiger partial charge is 0.311 e. The van der Waals surface area contributed by atoms with E-state index in [0.717, 1.165) is 6.04 Å². The number of aryl methyl sites for hydroxylation is 1. The zero-order valence-electron chi connectivity index (χ0n) is 12.1. The predicted molar refractivity (Wildman–Crippen MR) is 79.1 cm³/mol. The lowest BCUT2D eigenvalue weighted by Crippen LogP contribution is -2.40. The Labute approximate surface area is 112 Å². The third-order valence-electron chi connectivity index (χ3n) is 4.14. The van der Waals surface area contributed by atoms with Crippen molar-refractivity contribution < 1.29 is 0 Å². The van der Waals surface area contributed by atoms with Crippen LogP contribution in [-0.2, 0) is 6.42 Å². The maximum atomic E-state index is 3.72. The average Bonchev–Trinajstić information content (AvgIpc) is 2.37. The Kier molecular flexibility index (Phi) is 4.82. The van der Waals surface area contributed by atoms with Crippen molar-refractivity contribution in [3.05, 3.63) is 35.4 Å². The Balaban J connectivity index is 1.82. The van der Waals surface area contributed by atoms with E-state index in [1.165, 1.54) is 43.2 Å². The van der Waals surface area contributed by atoms with Crippen LogP contribution in [0, 0.1) is 0 Å². The summed E-state index contributed by atoms with van der Waals surface area (Å²) in [4.78, 5) is 0. The van der Waals surface area contributed by atoms with Crippen LogP contribution in [-0.4, -0.2) is 12.1 Å². The van der Waals surface area contributed by atoms with Gasteiger partial charge in [-0.25, -0.2) is 0 Å². The molecule has 0 aliphatic carbocycles. The van der Waals surface area contributed by atoms with E-state index in [2.05, 4.69) is 50.4 Å². The molecule has 18 heavy (non-hydrogen) atoms. The number of hydrogen-bond acceptors (Lipinski definition) is 1. The Bertz CT molecular complexity index is 352. The summed E-state index contributed by atoms with van der Waals surface area (Å²) in [6.07, 6.45) is 6.59. The molecular weight excluding hydrogens is 218 g/mol. The van der Waals surface area contributed by atoms with Gasteiger partial charge < -0.3 is 5.32 Å². The van der Waals surface area contributed by atoms with Crippen LogP contribution in [0.5, 0.6) is 0 Å². The van der Waals surface area contributed by atoms with E-state index in [9.17, 15) is 0 Å². The molecule has 1 aliphatic rings. The molecule has 1 heteroatoms. The van der Waals surface area contributed by atoms with Crippen LogP contribution in [0.2, 0.25) is 0 Å². The van der Waals surface area contributed by atoms with Gasteiger partial charge in [-0.1, -0.05) is 44.5 Å². The van der Waals surface area contributed by atoms with Gasteiger partial charge in [0.15, 0.2) is 0 Å². The third kappa shape index (κ3) is 3.84. The summed E-state index contributed by atoms with van der Waals surface area (Å²) in [6, 6.07) is 10.6. The van der Waals surface area contributed by atoms with Crippen LogP contribution in [0.1, 0.15) is 63.5 Å². The molecule has 1 fully saturated rings. The van der Waals surface area contributed by atoms with Gasteiger partial charge in [-0.15, -0.1) is 0 Å². The summed E-state index contributed by atoms with van der Waals surface area (Å²) < 4.78 is 0. The highest BCUT2D eigenvalue weighted by molar-refractivity contribution is 5.24. The minimum absolute atomic E-state index is 0.639. The number of benzene rings is 1. The van der Waals surface area contributed by atoms with Gasteiger partial charge in [0.25, 0.3) is 0 Å². The van der Waals surface area contributed by atoms with Crippen LogP contribution >= 0.6 is 0 Å². The lowest BCUT2D eigenvalue weighted by Gasteiger charge is -2.28. The first-order valence-corrected chi connectivity index (χ1v) is 7.50. The van der Waals surface area contributed by atoms with Crippen LogP contribution in [0.15, 0.2) is 24.3 Å². The molecule has 1 aliphatic heterocycles. The van der Waals surface area contributed by atoms with Crippen molar-refractivity contribution in [2.45, 2.75) is 70.9 Å². The second kappa shape index (κ2) is 6.38. The van der Waals surface area contributed by atoms with Gasteiger partial charge in [0, 0.05) is 12.1 Å². The first-order chi connectivity index (χ1) is 8.65. The van der Waals surface area contributed by atoms with E-state index >= 15 is 0 Å². The fourth-order valence-electron chi connectivity index (χ4n) is 2.88. The molecule has 1 N–H and O–H groups in total. The highest BCUT2D eigenvalue weighted by Crippen LogP contribution is 2.18. The van der Waals surface area contributed by atoms with Gasteiger partial charge in [0.05, 0.1) is 0 Å². The van der Waals surface area contributed by atoms with Crippen molar-refractivity contribution in [2.24, 2.45) is 0 Å². The summed E-state index contributed by atoms with van der Waals surface area (Å²) in [5, 5.41) is 3.72. The molecular formula is C17H27N. The Morgan fingerprint density at radius 1 is 1.17 bits per heavy atom. The molecule has 0 bridgehead atoms. The topological polar surface area (TPSA) is 12.0 Å². The fourth-order valence-corrected chi connectivity index (χ4v) is 2.88. The zero-order chi connectivity index (χ0) is 13.0. The van der Waals surface area contributed by atoms with Crippen molar-refractivity contribution in [2.75, 3.05) is 0 Å². The molecule has 0 aromatic heterocycles. The molecule has 2 rings (SSSR count). The van der Waals surface area contributed by atoms with Crippen molar-refractivity contribution in [1.82, 2.24) is 5.32 Å². The zero-order valence-corrected chi connectivity index (χ0v) is 12.1. The first-order valence-electron chi connectivity index (χ1n) is 7.50. The van der Waals surface area contributed by atoms with Gasteiger partial charge in [0.1, 0.15) is 0 Å². The van der Waals surface area contributed by atoms with Gasteiger partial charge in [-0.2, -0.15) is 0 Å². The molecule has 0 radical (unpaired) electrons. The molecule has 1 heterocycles. The molecule has 1 aromatic carbocycles. The van der Waals surface area contributed by atoms with Crippen LogP contribution in [0.4, 0.5) is 0 Å². The maximum absolute atomic E-state index is 3.72. The minimum Gasteiger partial charge on any atom is -0.311 e. The second-order valence-electron chi connectivity index (χ2n) is 6.13. The Morgan fingerprint density at radius 3 is 2.50 bits per heavy atom. The van der Waals surface area contributed by atoms with E-state index in [1.54, 1.807) is 0 Å². The minimum atomic E-state index is 0.639. The Hall–Kier alpha value is -0.820. The van der Waals surface area contributed by atoms with Crippen molar-refractivity contribution in [3.8, 4) is 0 Å². The van der Waals surface area contributed by atoms with E-state index in [4.69, 9.17) is 0 Å². The summed E-state index contributed by atoms with van der Waals surface area (Å²) in [7, 11) is 0. The normalized spacial score (nSPS) is 24.4.